The molecule has 6 heteroatoms. The van der Waals surface area contributed by atoms with Crippen LogP contribution in [0.1, 0.15) is 42.1 Å². The molecule has 3 rings (SSSR count). The molecule has 0 saturated carbocycles. The number of sulfonamides is 1. The quantitative estimate of drug-likeness (QED) is 0.841. The first kappa shape index (κ1) is 18.6. The molecule has 1 aliphatic heterocycles. The number of benzene rings is 2. The Labute approximate surface area is 155 Å². The van der Waals surface area contributed by atoms with Crippen LogP contribution in [0.3, 0.4) is 0 Å². The van der Waals surface area contributed by atoms with Crippen molar-refractivity contribution in [3.8, 4) is 0 Å². The summed E-state index contributed by atoms with van der Waals surface area (Å²) < 4.78 is 26.5. The summed E-state index contributed by atoms with van der Waals surface area (Å²) in [5.41, 5.74) is 2.40. The van der Waals surface area contributed by atoms with Gasteiger partial charge < -0.3 is 5.32 Å². The minimum atomic E-state index is -3.45. The normalized spacial score (nSPS) is 15.1. The Bertz CT molecular complexity index is 853. The molecule has 26 heavy (non-hydrogen) atoms. The van der Waals surface area contributed by atoms with Crippen LogP contribution < -0.4 is 5.32 Å². The third kappa shape index (κ3) is 4.14. The van der Waals surface area contributed by atoms with E-state index >= 15 is 0 Å². The van der Waals surface area contributed by atoms with E-state index in [0.717, 1.165) is 31.4 Å². The third-order valence-electron chi connectivity index (χ3n) is 4.57. The van der Waals surface area contributed by atoms with Crippen LogP contribution in [-0.2, 0) is 16.4 Å². The molecule has 0 unspecified atom stereocenters. The second kappa shape index (κ2) is 8.01. The van der Waals surface area contributed by atoms with Crippen molar-refractivity contribution in [2.24, 2.45) is 0 Å². The van der Waals surface area contributed by atoms with Crippen LogP contribution in [0, 0.1) is 0 Å². The highest BCUT2D eigenvalue weighted by molar-refractivity contribution is 7.89. The highest BCUT2D eigenvalue weighted by Crippen LogP contribution is 2.21. The van der Waals surface area contributed by atoms with E-state index in [-0.39, 0.29) is 10.8 Å². The third-order valence-corrected chi connectivity index (χ3v) is 6.48. The average molecular weight is 372 g/mol. The lowest BCUT2D eigenvalue weighted by molar-refractivity contribution is 0.102. The summed E-state index contributed by atoms with van der Waals surface area (Å²) >= 11 is 0. The van der Waals surface area contributed by atoms with Gasteiger partial charge in [-0.15, -0.1) is 0 Å². The van der Waals surface area contributed by atoms with Crippen molar-refractivity contribution in [2.75, 3.05) is 18.4 Å². The monoisotopic (exact) mass is 372 g/mol. The fraction of sp³-hybridized carbons (Fsp3) is 0.350. The molecule has 0 bridgehead atoms. The van der Waals surface area contributed by atoms with Gasteiger partial charge in [-0.05, 0) is 61.2 Å². The molecule has 138 valence electrons. The SMILES string of the molecule is CCCc1ccc(NC(=O)c2ccc(S(=O)(=O)N3CCCC3)cc2)cc1. The number of carbonyl (C=O) groups is 1. The van der Waals surface area contributed by atoms with E-state index in [1.54, 1.807) is 12.1 Å². The van der Waals surface area contributed by atoms with E-state index < -0.39 is 10.0 Å². The van der Waals surface area contributed by atoms with Crippen LogP contribution in [0.5, 0.6) is 0 Å². The van der Waals surface area contributed by atoms with E-state index in [4.69, 9.17) is 0 Å². The van der Waals surface area contributed by atoms with Gasteiger partial charge in [0.15, 0.2) is 0 Å². The molecule has 0 radical (unpaired) electrons. The van der Waals surface area contributed by atoms with Crippen LogP contribution in [0.15, 0.2) is 53.4 Å². The van der Waals surface area contributed by atoms with Gasteiger partial charge in [-0.25, -0.2) is 8.42 Å². The maximum atomic E-state index is 12.5. The van der Waals surface area contributed by atoms with E-state index in [2.05, 4.69) is 12.2 Å². The Morgan fingerprint density at radius 2 is 1.62 bits per heavy atom. The van der Waals surface area contributed by atoms with Gasteiger partial charge in [-0.1, -0.05) is 25.5 Å². The molecule has 1 N–H and O–H groups in total. The molecule has 0 aromatic heterocycles. The summed E-state index contributed by atoms with van der Waals surface area (Å²) in [6.07, 6.45) is 3.90. The molecular weight excluding hydrogens is 348 g/mol. The molecule has 0 atom stereocenters. The van der Waals surface area contributed by atoms with Crippen molar-refractivity contribution in [1.82, 2.24) is 4.31 Å². The fourth-order valence-electron chi connectivity index (χ4n) is 3.10. The first-order chi connectivity index (χ1) is 12.5. The number of anilines is 1. The minimum absolute atomic E-state index is 0.236. The zero-order valence-corrected chi connectivity index (χ0v) is 15.8. The second-order valence-corrected chi connectivity index (χ2v) is 8.47. The van der Waals surface area contributed by atoms with Crippen LogP contribution >= 0.6 is 0 Å². The highest BCUT2D eigenvalue weighted by Gasteiger charge is 2.27. The van der Waals surface area contributed by atoms with Crippen LogP contribution in [-0.4, -0.2) is 31.7 Å². The highest BCUT2D eigenvalue weighted by atomic mass is 32.2. The van der Waals surface area contributed by atoms with Crippen molar-refractivity contribution < 1.29 is 13.2 Å². The predicted molar refractivity (Wildman–Crippen MR) is 103 cm³/mol. The van der Waals surface area contributed by atoms with Crippen LogP contribution in [0.25, 0.3) is 0 Å². The first-order valence-electron chi connectivity index (χ1n) is 9.01. The zero-order chi connectivity index (χ0) is 18.6. The number of nitrogens with zero attached hydrogens (tertiary/aromatic N) is 1. The summed E-state index contributed by atoms with van der Waals surface area (Å²) in [5.74, 6) is -0.252. The zero-order valence-electron chi connectivity index (χ0n) is 14.9. The van der Waals surface area contributed by atoms with Crippen molar-refractivity contribution in [2.45, 2.75) is 37.5 Å². The van der Waals surface area contributed by atoms with Gasteiger partial charge in [-0.3, -0.25) is 4.79 Å². The Balaban J connectivity index is 1.68. The van der Waals surface area contributed by atoms with E-state index in [9.17, 15) is 13.2 Å². The smallest absolute Gasteiger partial charge is 0.255 e. The molecule has 2 aromatic rings. The number of rotatable bonds is 6. The number of hydrogen-bond donors (Lipinski definition) is 1. The summed E-state index contributed by atoms with van der Waals surface area (Å²) in [5, 5.41) is 2.84. The molecule has 0 spiro atoms. The Morgan fingerprint density at radius 3 is 2.19 bits per heavy atom. The van der Waals surface area contributed by atoms with Crippen molar-refractivity contribution in [3.05, 3.63) is 59.7 Å². The van der Waals surface area contributed by atoms with Gasteiger partial charge in [0, 0.05) is 24.3 Å². The van der Waals surface area contributed by atoms with Crippen molar-refractivity contribution in [1.29, 1.82) is 0 Å². The first-order valence-corrected chi connectivity index (χ1v) is 10.5. The lowest BCUT2D eigenvalue weighted by Crippen LogP contribution is -2.27. The van der Waals surface area contributed by atoms with Gasteiger partial charge in [0.2, 0.25) is 10.0 Å². The van der Waals surface area contributed by atoms with Gasteiger partial charge in [-0.2, -0.15) is 4.31 Å². The molecule has 2 aromatic carbocycles. The molecule has 0 aliphatic carbocycles. The lowest BCUT2D eigenvalue weighted by Gasteiger charge is -2.15. The van der Waals surface area contributed by atoms with E-state index in [0.29, 0.717) is 18.7 Å². The van der Waals surface area contributed by atoms with Crippen molar-refractivity contribution >= 4 is 21.6 Å². The lowest BCUT2D eigenvalue weighted by atomic mass is 10.1. The fourth-order valence-corrected chi connectivity index (χ4v) is 4.62. The Hall–Kier alpha value is -2.18. The minimum Gasteiger partial charge on any atom is -0.322 e. The average Bonchev–Trinajstić information content (AvgIpc) is 3.19. The number of hydrogen-bond acceptors (Lipinski definition) is 3. The maximum Gasteiger partial charge on any atom is 0.255 e. The predicted octanol–water partition coefficient (Wildman–Crippen LogP) is 3.68. The standard InChI is InChI=1S/C20H24N2O3S/c1-2-5-16-6-10-18(11-7-16)21-20(23)17-8-12-19(13-9-17)26(24,25)22-14-3-4-15-22/h6-13H,2-5,14-15H2,1H3,(H,21,23). The molecule has 1 aliphatic rings. The number of amides is 1. The van der Waals surface area contributed by atoms with Crippen molar-refractivity contribution in [3.63, 3.8) is 0 Å². The number of carbonyl (C=O) groups excluding carboxylic acids is 1. The van der Waals surface area contributed by atoms with Gasteiger partial charge in [0.05, 0.1) is 4.90 Å². The largest absolute Gasteiger partial charge is 0.322 e. The number of nitrogens with one attached hydrogen (secondary N) is 1. The second-order valence-electron chi connectivity index (χ2n) is 6.54. The van der Waals surface area contributed by atoms with E-state index in [1.165, 1.54) is 22.0 Å². The molecule has 1 fully saturated rings. The summed E-state index contributed by atoms with van der Waals surface area (Å²) in [7, 11) is -3.45. The molecule has 1 heterocycles. The summed E-state index contributed by atoms with van der Waals surface area (Å²) in [4.78, 5) is 12.6. The maximum absolute atomic E-state index is 12.5. The molecular formula is C20H24N2O3S. The molecule has 1 saturated heterocycles. The molecule has 5 nitrogen and oxygen atoms in total. The van der Waals surface area contributed by atoms with Crippen LogP contribution in [0.4, 0.5) is 5.69 Å². The van der Waals surface area contributed by atoms with Gasteiger partial charge in [0.25, 0.3) is 5.91 Å². The summed E-state index contributed by atoms with van der Waals surface area (Å²) in [6, 6.07) is 13.9. The molecule has 1 amide bonds. The van der Waals surface area contributed by atoms with Crippen LogP contribution in [0.2, 0.25) is 0 Å². The Morgan fingerprint density at radius 1 is 1.00 bits per heavy atom. The van der Waals surface area contributed by atoms with Gasteiger partial charge in [0.1, 0.15) is 0 Å². The van der Waals surface area contributed by atoms with E-state index in [1.807, 2.05) is 24.3 Å². The number of aryl methyl sites for hydroxylation is 1. The topological polar surface area (TPSA) is 66.5 Å². The summed E-state index contributed by atoms with van der Waals surface area (Å²) in [6.45, 7) is 3.26. The Kier molecular flexibility index (Phi) is 5.74. The van der Waals surface area contributed by atoms with Gasteiger partial charge >= 0.3 is 0 Å².